The number of hydrogen-bond acceptors (Lipinski definition) is 4. The lowest BCUT2D eigenvalue weighted by Crippen LogP contribution is -2.39. The van der Waals surface area contributed by atoms with Gasteiger partial charge in [-0.15, -0.1) is 11.3 Å². The Morgan fingerprint density at radius 2 is 1.27 bits per heavy atom. The van der Waals surface area contributed by atoms with Crippen LogP contribution in [-0.2, 0) is 0 Å². The number of anilines is 1. The van der Waals surface area contributed by atoms with Crippen LogP contribution in [0.4, 0.5) is 5.69 Å². The van der Waals surface area contributed by atoms with Crippen molar-refractivity contribution in [2.75, 3.05) is 4.90 Å². The summed E-state index contributed by atoms with van der Waals surface area (Å²) >= 11 is 1.85. The van der Waals surface area contributed by atoms with Gasteiger partial charge >= 0.3 is 0 Å². The second kappa shape index (κ2) is 13.7. The zero-order chi connectivity index (χ0) is 37.0. The first-order chi connectivity index (χ1) is 27.7. The molecule has 3 heterocycles. The molecular weight excluding hydrogens is 699 g/mol. The molecule has 0 spiro atoms. The third-order valence-corrected chi connectivity index (χ3v) is 13.2. The van der Waals surface area contributed by atoms with Crippen LogP contribution in [0.15, 0.2) is 194 Å². The summed E-state index contributed by atoms with van der Waals surface area (Å²) in [6.45, 7) is 0. The van der Waals surface area contributed by atoms with Gasteiger partial charge in [0.05, 0.1) is 22.8 Å². The fraction of sp³-hybridized carbons (Fsp3) is 0.115. The number of benzene rings is 5. The van der Waals surface area contributed by atoms with Crippen LogP contribution in [0.2, 0.25) is 0 Å². The van der Waals surface area contributed by atoms with E-state index in [0.29, 0.717) is 17.8 Å². The second-order valence-electron chi connectivity index (χ2n) is 15.3. The van der Waals surface area contributed by atoms with Crippen molar-refractivity contribution in [3.05, 3.63) is 205 Å². The molecule has 0 N–H and O–H groups in total. The van der Waals surface area contributed by atoms with Crippen molar-refractivity contribution in [3.63, 3.8) is 0 Å². The predicted octanol–water partition coefficient (Wildman–Crippen LogP) is 13.4. The highest BCUT2D eigenvalue weighted by molar-refractivity contribution is 7.22. The fourth-order valence-corrected chi connectivity index (χ4v) is 10.0. The number of fused-ring (bicyclic) bond motifs is 4. The molecule has 0 aliphatic heterocycles. The lowest BCUT2D eigenvalue weighted by molar-refractivity contribution is 0.220. The van der Waals surface area contributed by atoms with Crippen molar-refractivity contribution in [1.29, 1.82) is 0 Å². The Hall–Kier alpha value is -6.36. The Balaban J connectivity index is 0.876. The third kappa shape index (κ3) is 5.98. The number of thiophene rings is 1. The summed E-state index contributed by atoms with van der Waals surface area (Å²) in [5.74, 6) is 1.42. The maximum Gasteiger partial charge on any atom is 0.0709 e. The van der Waals surface area contributed by atoms with Crippen LogP contribution < -0.4 is 4.90 Å². The minimum Gasteiger partial charge on any atom is -0.335 e. The first-order valence-corrected chi connectivity index (χ1v) is 20.5. The predicted molar refractivity (Wildman–Crippen MR) is 236 cm³/mol. The molecule has 11 rings (SSSR count). The molecule has 1 saturated carbocycles. The quantitative estimate of drug-likeness (QED) is 0.163. The highest BCUT2D eigenvalue weighted by Gasteiger charge is 2.42. The Kier molecular flexibility index (Phi) is 8.10. The van der Waals surface area contributed by atoms with Gasteiger partial charge in [-0.25, -0.2) is 4.98 Å². The monoisotopic (exact) mass is 737 g/mol. The topological polar surface area (TPSA) is 29.0 Å². The Morgan fingerprint density at radius 3 is 2.00 bits per heavy atom. The summed E-state index contributed by atoms with van der Waals surface area (Å²) in [7, 11) is 0. The van der Waals surface area contributed by atoms with Gasteiger partial charge in [-0.2, -0.15) is 0 Å². The zero-order valence-electron chi connectivity index (χ0n) is 30.9. The van der Waals surface area contributed by atoms with Crippen molar-refractivity contribution >= 4 is 54.5 Å². The van der Waals surface area contributed by atoms with E-state index in [-0.39, 0.29) is 6.04 Å². The van der Waals surface area contributed by atoms with E-state index in [0.717, 1.165) is 29.6 Å². The molecule has 268 valence electrons. The maximum absolute atomic E-state index is 5.09. The Labute approximate surface area is 331 Å². The van der Waals surface area contributed by atoms with Crippen molar-refractivity contribution < 1.29 is 0 Å². The molecule has 3 unspecified atom stereocenters. The van der Waals surface area contributed by atoms with Gasteiger partial charge < -0.3 is 4.90 Å². The molecular formula is C52H39N3S. The van der Waals surface area contributed by atoms with E-state index in [2.05, 4.69) is 193 Å². The molecule has 8 aromatic rings. The molecule has 0 saturated heterocycles. The van der Waals surface area contributed by atoms with Crippen molar-refractivity contribution in [2.45, 2.75) is 24.8 Å². The summed E-state index contributed by atoms with van der Waals surface area (Å²) in [5, 5.41) is 3.67. The normalized spacial score (nSPS) is 20.1. The Morgan fingerprint density at radius 1 is 0.589 bits per heavy atom. The van der Waals surface area contributed by atoms with Crippen molar-refractivity contribution in [1.82, 2.24) is 9.97 Å². The van der Waals surface area contributed by atoms with Crippen LogP contribution in [0.25, 0.3) is 59.0 Å². The SMILES string of the molecule is C1=CC(N(C2=C[C@H]3CC(c4ccc5ccccc5n4)C3C=C2)c2ccc(-c3ccc(-c4cc5ccccc5s4)cc3)cc2)CC=C1c1ccc2ccccc2n1. The summed E-state index contributed by atoms with van der Waals surface area (Å²) < 4.78 is 1.33. The number of pyridine rings is 2. The average Bonchev–Trinajstić information content (AvgIpc) is 3.70. The van der Waals surface area contributed by atoms with Crippen LogP contribution in [0.5, 0.6) is 0 Å². The van der Waals surface area contributed by atoms with Crippen molar-refractivity contribution in [3.8, 4) is 21.6 Å². The molecule has 3 aromatic heterocycles. The fourth-order valence-electron chi connectivity index (χ4n) is 8.93. The molecule has 4 atom stereocenters. The highest BCUT2D eigenvalue weighted by Crippen LogP contribution is 2.51. The van der Waals surface area contributed by atoms with E-state index in [1.807, 2.05) is 11.3 Å². The molecule has 3 nitrogen and oxygen atoms in total. The number of nitrogens with zero attached hydrogens (tertiary/aromatic N) is 3. The molecule has 0 radical (unpaired) electrons. The summed E-state index contributed by atoms with van der Waals surface area (Å²) in [6, 6.07) is 54.9. The number of aromatic nitrogens is 2. The van der Waals surface area contributed by atoms with Crippen LogP contribution >= 0.6 is 11.3 Å². The molecule has 1 fully saturated rings. The molecule has 0 bridgehead atoms. The van der Waals surface area contributed by atoms with Gasteiger partial charge in [0.25, 0.3) is 0 Å². The molecule has 5 aromatic carbocycles. The summed E-state index contributed by atoms with van der Waals surface area (Å²) in [4.78, 5) is 13.9. The number of hydrogen-bond donors (Lipinski definition) is 0. The first-order valence-electron chi connectivity index (χ1n) is 19.7. The summed E-state index contributed by atoms with van der Waals surface area (Å²) in [6.07, 6.45) is 16.4. The second-order valence-corrected chi connectivity index (χ2v) is 16.4. The number of rotatable bonds is 7. The van der Waals surface area contributed by atoms with E-state index in [1.54, 1.807) is 0 Å². The van der Waals surface area contributed by atoms with Gasteiger partial charge in [-0.1, -0.05) is 134 Å². The van der Waals surface area contributed by atoms with Gasteiger partial charge in [-0.05, 0) is 107 Å². The lowest BCUT2D eigenvalue weighted by atomic mass is 9.61. The van der Waals surface area contributed by atoms with Crippen LogP contribution in [0, 0.1) is 11.8 Å². The van der Waals surface area contributed by atoms with Gasteiger partial charge in [0, 0.05) is 43.3 Å². The van der Waals surface area contributed by atoms with Gasteiger partial charge in [0.15, 0.2) is 0 Å². The van der Waals surface area contributed by atoms with Gasteiger partial charge in [0.1, 0.15) is 0 Å². The van der Waals surface area contributed by atoms with E-state index in [4.69, 9.17) is 9.97 Å². The van der Waals surface area contributed by atoms with Crippen LogP contribution in [0.3, 0.4) is 0 Å². The van der Waals surface area contributed by atoms with E-state index < -0.39 is 0 Å². The smallest absolute Gasteiger partial charge is 0.0709 e. The first kappa shape index (κ1) is 33.0. The number of allylic oxidation sites excluding steroid dienone is 5. The van der Waals surface area contributed by atoms with Crippen molar-refractivity contribution in [2.24, 2.45) is 11.8 Å². The summed E-state index contributed by atoms with van der Waals surface area (Å²) in [5.41, 5.74) is 11.7. The van der Waals surface area contributed by atoms with E-state index in [1.165, 1.54) is 65.1 Å². The Bertz CT molecular complexity index is 2860. The average molecular weight is 738 g/mol. The number of para-hydroxylation sites is 2. The third-order valence-electron chi connectivity index (χ3n) is 12.0. The minimum absolute atomic E-state index is 0.177. The zero-order valence-corrected chi connectivity index (χ0v) is 31.7. The largest absolute Gasteiger partial charge is 0.335 e. The molecule has 0 amide bonds. The van der Waals surface area contributed by atoms with Crippen LogP contribution in [-0.4, -0.2) is 16.0 Å². The van der Waals surface area contributed by atoms with Gasteiger partial charge in [0.2, 0.25) is 0 Å². The molecule has 3 aliphatic carbocycles. The van der Waals surface area contributed by atoms with E-state index in [9.17, 15) is 0 Å². The maximum atomic E-state index is 5.09. The molecule has 3 aliphatic rings. The van der Waals surface area contributed by atoms with Crippen LogP contribution in [0.1, 0.15) is 30.1 Å². The standard InChI is InChI=1S/C52H39N3S/c1-4-10-47-36(7-1)21-29-49(53-47)38-19-25-43(26-20-38)55(44-27-28-45-41(31-44)32-46(45)50-30-22-37-8-2-5-11-48(37)54-50)42-23-17-35(18-24-42)34-13-15-39(16-14-34)52-33-40-9-3-6-12-51(40)56-52/h1-25,27-31,33,41,43,45-46H,26,32H2/t41-,43?,45?,46?/m0/s1. The lowest BCUT2D eigenvalue weighted by Gasteiger charge is -2.45. The molecule has 4 heteroatoms. The molecule has 56 heavy (non-hydrogen) atoms. The van der Waals surface area contributed by atoms with E-state index >= 15 is 0 Å². The highest BCUT2D eigenvalue weighted by atomic mass is 32.1. The van der Waals surface area contributed by atoms with Gasteiger partial charge in [-0.3, -0.25) is 4.98 Å². The minimum atomic E-state index is 0.177.